The van der Waals surface area contributed by atoms with Crippen molar-refractivity contribution in [1.82, 2.24) is 5.32 Å². The summed E-state index contributed by atoms with van der Waals surface area (Å²) in [7, 11) is 1.67. The minimum atomic E-state index is -0.269. The van der Waals surface area contributed by atoms with Crippen molar-refractivity contribution in [1.29, 1.82) is 0 Å². The van der Waals surface area contributed by atoms with Gasteiger partial charge in [0.15, 0.2) is 5.11 Å². The van der Waals surface area contributed by atoms with Crippen molar-refractivity contribution in [3.8, 4) is 11.5 Å². The molecule has 1 aliphatic rings. The Morgan fingerprint density at radius 2 is 1.92 bits per heavy atom. The fraction of sp³-hybridized carbons (Fsp3) is 0.381. The van der Waals surface area contributed by atoms with Gasteiger partial charge in [-0.25, -0.2) is 0 Å². The van der Waals surface area contributed by atoms with Gasteiger partial charge in [-0.05, 0) is 81.4 Å². The van der Waals surface area contributed by atoms with Crippen molar-refractivity contribution in [2.24, 2.45) is 0 Å². The fourth-order valence-corrected chi connectivity index (χ4v) is 3.49. The van der Waals surface area contributed by atoms with Crippen molar-refractivity contribution >= 4 is 23.0 Å². The van der Waals surface area contributed by atoms with Crippen LogP contribution in [0.2, 0.25) is 0 Å². The highest BCUT2D eigenvalue weighted by molar-refractivity contribution is 7.80. The van der Waals surface area contributed by atoms with E-state index in [9.17, 15) is 0 Å². The summed E-state index contributed by atoms with van der Waals surface area (Å²) in [6.07, 6.45) is 0.807. The molecule has 0 spiro atoms. The molecule has 0 bridgehead atoms. The standard InChI is InChI=1S/C21H26N2O2S/c1-13-6-7-15(10-14(13)2)22-20(26)23-18-12-21(3,4)25-19-9-8-16(24-5)11-17(18)19/h6-11,18H,12H2,1-5H3,(H2,22,23,26)/t18-/m1/s1. The molecule has 0 radical (unpaired) electrons. The molecule has 0 aromatic heterocycles. The highest BCUT2D eigenvalue weighted by Gasteiger charge is 2.34. The average molecular weight is 371 g/mol. The molecule has 0 amide bonds. The summed E-state index contributed by atoms with van der Waals surface area (Å²) in [5.74, 6) is 1.68. The first kappa shape index (κ1) is 18.5. The van der Waals surface area contributed by atoms with Crippen molar-refractivity contribution in [2.75, 3.05) is 12.4 Å². The zero-order valence-electron chi connectivity index (χ0n) is 16.0. The third kappa shape index (κ3) is 4.10. The second-order valence-corrected chi connectivity index (χ2v) is 7.83. The molecular formula is C21H26N2O2S. The topological polar surface area (TPSA) is 42.5 Å². The van der Waals surface area contributed by atoms with Crippen LogP contribution in [0.25, 0.3) is 0 Å². The minimum Gasteiger partial charge on any atom is -0.497 e. The lowest BCUT2D eigenvalue weighted by molar-refractivity contribution is 0.0695. The number of rotatable bonds is 3. The predicted octanol–water partition coefficient (Wildman–Crippen LogP) is 4.90. The van der Waals surface area contributed by atoms with Gasteiger partial charge < -0.3 is 20.1 Å². The van der Waals surface area contributed by atoms with Gasteiger partial charge >= 0.3 is 0 Å². The minimum absolute atomic E-state index is 0.0513. The summed E-state index contributed by atoms with van der Waals surface area (Å²) in [5.41, 5.74) is 4.28. The largest absolute Gasteiger partial charge is 0.497 e. The van der Waals surface area contributed by atoms with Crippen molar-refractivity contribution in [3.05, 3.63) is 53.1 Å². The molecule has 0 fully saturated rings. The predicted molar refractivity (Wildman–Crippen MR) is 110 cm³/mol. The molecule has 0 saturated heterocycles. The van der Waals surface area contributed by atoms with E-state index in [2.05, 4.69) is 50.5 Å². The van der Waals surface area contributed by atoms with Gasteiger partial charge in [0, 0.05) is 17.7 Å². The van der Waals surface area contributed by atoms with E-state index in [1.54, 1.807) is 7.11 Å². The molecule has 4 nitrogen and oxygen atoms in total. The third-order valence-corrected chi connectivity index (χ3v) is 4.96. The smallest absolute Gasteiger partial charge is 0.171 e. The molecular weight excluding hydrogens is 344 g/mol. The highest BCUT2D eigenvalue weighted by Crippen LogP contribution is 2.41. The summed E-state index contributed by atoms with van der Waals surface area (Å²) in [4.78, 5) is 0. The molecule has 1 atom stereocenters. The number of hydrogen-bond acceptors (Lipinski definition) is 3. The van der Waals surface area contributed by atoms with E-state index in [-0.39, 0.29) is 11.6 Å². The lowest BCUT2D eigenvalue weighted by atomic mass is 9.89. The Labute approximate surface area is 160 Å². The number of thiocarbonyl (C=S) groups is 1. The number of fused-ring (bicyclic) bond motifs is 1. The molecule has 26 heavy (non-hydrogen) atoms. The molecule has 0 aliphatic carbocycles. The van der Waals surface area contributed by atoms with Gasteiger partial charge in [-0.15, -0.1) is 0 Å². The van der Waals surface area contributed by atoms with Crippen LogP contribution in [0.4, 0.5) is 5.69 Å². The number of anilines is 1. The van der Waals surface area contributed by atoms with E-state index in [0.29, 0.717) is 5.11 Å². The number of ether oxygens (including phenoxy) is 2. The zero-order chi connectivity index (χ0) is 18.9. The third-order valence-electron chi connectivity index (χ3n) is 4.74. The SMILES string of the molecule is COc1ccc2c(c1)[C@H](NC(=S)Nc1ccc(C)c(C)c1)CC(C)(C)O2. The molecule has 3 rings (SSSR count). The van der Waals surface area contributed by atoms with Crippen LogP contribution in [0.1, 0.15) is 43.0 Å². The lowest BCUT2D eigenvalue weighted by Gasteiger charge is -2.38. The molecule has 0 unspecified atom stereocenters. The van der Waals surface area contributed by atoms with Crippen LogP contribution in [0.15, 0.2) is 36.4 Å². The van der Waals surface area contributed by atoms with Crippen LogP contribution in [0.5, 0.6) is 11.5 Å². The van der Waals surface area contributed by atoms with Crippen LogP contribution in [-0.2, 0) is 0 Å². The highest BCUT2D eigenvalue weighted by atomic mass is 32.1. The molecule has 1 heterocycles. The van der Waals surface area contributed by atoms with Crippen molar-refractivity contribution < 1.29 is 9.47 Å². The second-order valence-electron chi connectivity index (χ2n) is 7.42. The zero-order valence-corrected chi connectivity index (χ0v) is 16.8. The Hall–Kier alpha value is -2.27. The van der Waals surface area contributed by atoms with E-state index in [0.717, 1.165) is 29.2 Å². The Kier molecular flexibility index (Phi) is 5.10. The van der Waals surface area contributed by atoms with E-state index in [1.807, 2.05) is 24.3 Å². The van der Waals surface area contributed by atoms with Gasteiger partial charge in [0.2, 0.25) is 0 Å². The monoisotopic (exact) mass is 370 g/mol. The molecule has 0 saturated carbocycles. The maximum atomic E-state index is 6.12. The number of benzene rings is 2. The first-order valence-corrected chi connectivity index (χ1v) is 9.20. The van der Waals surface area contributed by atoms with Gasteiger partial charge in [-0.1, -0.05) is 6.07 Å². The summed E-state index contributed by atoms with van der Waals surface area (Å²) in [5, 5.41) is 7.34. The summed E-state index contributed by atoms with van der Waals surface area (Å²) >= 11 is 5.56. The first-order chi connectivity index (χ1) is 12.3. The van der Waals surface area contributed by atoms with E-state index in [1.165, 1.54) is 11.1 Å². The summed E-state index contributed by atoms with van der Waals surface area (Å²) in [6, 6.07) is 12.2. The number of nitrogens with one attached hydrogen (secondary N) is 2. The normalized spacial score (nSPS) is 17.7. The Morgan fingerprint density at radius 1 is 1.15 bits per heavy atom. The van der Waals surface area contributed by atoms with Crippen LogP contribution in [-0.4, -0.2) is 17.8 Å². The van der Waals surface area contributed by atoms with Crippen LogP contribution < -0.4 is 20.1 Å². The fourth-order valence-electron chi connectivity index (χ4n) is 3.23. The maximum Gasteiger partial charge on any atom is 0.171 e. The van der Waals surface area contributed by atoms with Crippen LogP contribution >= 0.6 is 12.2 Å². The molecule has 138 valence electrons. The molecule has 2 N–H and O–H groups in total. The van der Waals surface area contributed by atoms with Crippen LogP contribution in [0.3, 0.4) is 0 Å². The Bertz CT molecular complexity index is 833. The van der Waals surface area contributed by atoms with Crippen molar-refractivity contribution in [3.63, 3.8) is 0 Å². The number of hydrogen-bond donors (Lipinski definition) is 2. The second kappa shape index (κ2) is 7.16. The molecule has 2 aromatic carbocycles. The quantitative estimate of drug-likeness (QED) is 0.752. The van der Waals surface area contributed by atoms with E-state index in [4.69, 9.17) is 21.7 Å². The van der Waals surface area contributed by atoms with Gasteiger partial charge in [0.1, 0.15) is 17.1 Å². The van der Waals surface area contributed by atoms with Gasteiger partial charge in [-0.3, -0.25) is 0 Å². The van der Waals surface area contributed by atoms with Crippen LogP contribution in [0, 0.1) is 13.8 Å². The Morgan fingerprint density at radius 3 is 2.62 bits per heavy atom. The Balaban J connectivity index is 1.79. The summed E-state index contributed by atoms with van der Waals surface area (Å²) in [6.45, 7) is 8.38. The maximum absolute atomic E-state index is 6.12. The van der Waals surface area contributed by atoms with Gasteiger partial charge in [0.05, 0.1) is 13.2 Å². The average Bonchev–Trinajstić information content (AvgIpc) is 2.57. The molecule has 2 aromatic rings. The number of aryl methyl sites for hydroxylation is 2. The van der Waals surface area contributed by atoms with E-state index >= 15 is 0 Å². The summed E-state index contributed by atoms with van der Waals surface area (Å²) < 4.78 is 11.5. The van der Waals surface area contributed by atoms with Crippen molar-refractivity contribution in [2.45, 2.75) is 45.8 Å². The lowest BCUT2D eigenvalue weighted by Crippen LogP contribution is -2.42. The number of methoxy groups -OCH3 is 1. The van der Waals surface area contributed by atoms with Gasteiger partial charge in [-0.2, -0.15) is 0 Å². The molecule has 5 heteroatoms. The molecule has 1 aliphatic heterocycles. The van der Waals surface area contributed by atoms with E-state index < -0.39 is 0 Å². The first-order valence-electron chi connectivity index (χ1n) is 8.79. The van der Waals surface area contributed by atoms with Gasteiger partial charge in [0.25, 0.3) is 0 Å².